The van der Waals surface area contributed by atoms with E-state index in [2.05, 4.69) is 16.9 Å². The van der Waals surface area contributed by atoms with Gasteiger partial charge >= 0.3 is 0 Å². The highest BCUT2D eigenvalue weighted by Gasteiger charge is 2.21. The van der Waals surface area contributed by atoms with Crippen molar-refractivity contribution in [2.24, 2.45) is 0 Å². The molecule has 18 heavy (non-hydrogen) atoms. The van der Waals surface area contributed by atoms with Crippen molar-refractivity contribution >= 4 is 0 Å². The van der Waals surface area contributed by atoms with Crippen molar-refractivity contribution in [1.29, 1.82) is 0 Å². The number of morpholine rings is 1. The van der Waals surface area contributed by atoms with Gasteiger partial charge < -0.3 is 9.84 Å². The average molecular weight is 253 g/mol. The lowest BCUT2D eigenvalue weighted by Crippen LogP contribution is -2.44. The minimum atomic E-state index is 0.0598. The lowest BCUT2D eigenvalue weighted by Gasteiger charge is -2.32. The molecule has 1 aromatic heterocycles. The summed E-state index contributed by atoms with van der Waals surface area (Å²) in [6, 6.07) is 0. The molecule has 5 nitrogen and oxygen atoms in total. The second-order valence-corrected chi connectivity index (χ2v) is 4.88. The predicted octanol–water partition coefficient (Wildman–Crippen LogP) is 0.713. The summed E-state index contributed by atoms with van der Waals surface area (Å²) in [7, 11) is 0. The van der Waals surface area contributed by atoms with E-state index < -0.39 is 0 Å². The van der Waals surface area contributed by atoms with E-state index in [0.29, 0.717) is 0 Å². The second-order valence-electron chi connectivity index (χ2n) is 4.88. The Bertz CT molecular complexity index is 403. The normalized spacial score (nSPS) is 21.4. The Balaban J connectivity index is 2.05. The minimum absolute atomic E-state index is 0.0598. The van der Waals surface area contributed by atoms with Crippen LogP contribution in [0.3, 0.4) is 0 Å². The fourth-order valence-corrected chi connectivity index (χ4v) is 2.51. The summed E-state index contributed by atoms with van der Waals surface area (Å²) in [5.74, 6) is 0. The molecule has 2 rings (SSSR count). The van der Waals surface area contributed by atoms with Crippen LogP contribution in [0.1, 0.15) is 23.9 Å². The summed E-state index contributed by atoms with van der Waals surface area (Å²) >= 11 is 0. The van der Waals surface area contributed by atoms with Gasteiger partial charge in [0.1, 0.15) is 0 Å². The van der Waals surface area contributed by atoms with E-state index in [-0.39, 0.29) is 12.7 Å². The maximum atomic E-state index is 9.31. The van der Waals surface area contributed by atoms with Gasteiger partial charge in [-0.05, 0) is 20.4 Å². The molecule has 0 saturated carbocycles. The maximum absolute atomic E-state index is 9.31. The van der Waals surface area contributed by atoms with Gasteiger partial charge in [0.2, 0.25) is 0 Å². The van der Waals surface area contributed by atoms with E-state index in [4.69, 9.17) is 4.74 Å². The summed E-state index contributed by atoms with van der Waals surface area (Å²) in [5, 5.41) is 13.8. The number of nitrogens with zero attached hydrogens (tertiary/aromatic N) is 3. The minimum Gasteiger partial charge on any atom is -0.392 e. The number of aliphatic hydroxyl groups is 1. The highest BCUT2D eigenvalue weighted by atomic mass is 16.5. The third kappa shape index (κ3) is 2.74. The molecule has 5 heteroatoms. The topological polar surface area (TPSA) is 50.5 Å². The van der Waals surface area contributed by atoms with Gasteiger partial charge in [-0.1, -0.05) is 6.92 Å². The van der Waals surface area contributed by atoms with E-state index >= 15 is 0 Å². The molecule has 2 heterocycles. The molecule has 1 atom stereocenters. The zero-order chi connectivity index (χ0) is 13.1. The van der Waals surface area contributed by atoms with Crippen LogP contribution in [-0.4, -0.2) is 52.1 Å². The Morgan fingerprint density at radius 3 is 2.83 bits per heavy atom. The van der Waals surface area contributed by atoms with Gasteiger partial charge in [0.05, 0.1) is 31.6 Å². The monoisotopic (exact) mass is 253 g/mol. The first-order chi connectivity index (χ1) is 8.65. The Morgan fingerprint density at radius 1 is 1.44 bits per heavy atom. The van der Waals surface area contributed by atoms with Crippen LogP contribution < -0.4 is 0 Å². The molecular weight excluding hydrogens is 230 g/mol. The smallest absolute Gasteiger partial charge is 0.0898 e. The van der Waals surface area contributed by atoms with Crippen molar-refractivity contribution in [3.63, 3.8) is 0 Å². The lowest BCUT2D eigenvalue weighted by molar-refractivity contribution is -0.0360. The summed E-state index contributed by atoms with van der Waals surface area (Å²) in [5.41, 5.74) is 2.91. The van der Waals surface area contributed by atoms with Gasteiger partial charge in [0.25, 0.3) is 0 Å². The largest absolute Gasteiger partial charge is 0.392 e. The SMILES string of the molecule is CCN1CCOC(Cn2nc(C)c(CO)c2C)C1. The van der Waals surface area contributed by atoms with Crippen molar-refractivity contribution in [2.45, 2.75) is 40.0 Å². The van der Waals surface area contributed by atoms with Crippen LogP contribution in [-0.2, 0) is 17.9 Å². The summed E-state index contributed by atoms with van der Waals surface area (Å²) in [6.07, 6.45) is 0.197. The number of hydrogen-bond donors (Lipinski definition) is 1. The standard InChI is InChI=1S/C13H23N3O2/c1-4-15-5-6-18-12(7-15)8-16-11(3)13(9-17)10(2)14-16/h12,17H,4-9H2,1-3H3. The molecule has 0 amide bonds. The second kappa shape index (κ2) is 5.82. The molecular formula is C13H23N3O2. The lowest BCUT2D eigenvalue weighted by atomic mass is 10.2. The molecule has 1 saturated heterocycles. The molecule has 0 radical (unpaired) electrons. The van der Waals surface area contributed by atoms with Crippen LogP contribution in [0.4, 0.5) is 0 Å². The molecule has 0 aromatic carbocycles. The molecule has 1 N–H and O–H groups in total. The Morgan fingerprint density at radius 2 is 2.22 bits per heavy atom. The van der Waals surface area contributed by atoms with E-state index in [9.17, 15) is 5.11 Å². The molecule has 0 aliphatic carbocycles. The molecule has 1 unspecified atom stereocenters. The number of rotatable bonds is 4. The first-order valence-electron chi connectivity index (χ1n) is 6.63. The average Bonchev–Trinajstić information content (AvgIpc) is 2.64. The number of likely N-dealkylation sites (N-methyl/N-ethyl adjacent to an activating group) is 1. The van der Waals surface area contributed by atoms with E-state index in [1.54, 1.807) is 0 Å². The number of aliphatic hydroxyl groups excluding tert-OH is 1. The van der Waals surface area contributed by atoms with Gasteiger partial charge in [0.15, 0.2) is 0 Å². The van der Waals surface area contributed by atoms with E-state index in [1.165, 1.54) is 0 Å². The van der Waals surface area contributed by atoms with Crippen molar-refractivity contribution in [2.75, 3.05) is 26.2 Å². The van der Waals surface area contributed by atoms with Crippen LogP contribution >= 0.6 is 0 Å². The van der Waals surface area contributed by atoms with Gasteiger partial charge in [-0.3, -0.25) is 9.58 Å². The summed E-state index contributed by atoms with van der Waals surface area (Å²) in [6.45, 7) is 10.8. The summed E-state index contributed by atoms with van der Waals surface area (Å²) in [4.78, 5) is 2.40. The zero-order valence-corrected chi connectivity index (χ0v) is 11.5. The number of aryl methyl sites for hydroxylation is 1. The quantitative estimate of drug-likeness (QED) is 0.859. The van der Waals surface area contributed by atoms with Crippen LogP contribution in [0.2, 0.25) is 0 Å². The van der Waals surface area contributed by atoms with Crippen LogP contribution in [0.15, 0.2) is 0 Å². The van der Waals surface area contributed by atoms with Crippen molar-refractivity contribution in [3.8, 4) is 0 Å². The number of aromatic nitrogens is 2. The molecule has 102 valence electrons. The van der Waals surface area contributed by atoms with Crippen molar-refractivity contribution in [3.05, 3.63) is 17.0 Å². The zero-order valence-electron chi connectivity index (χ0n) is 11.5. The van der Waals surface area contributed by atoms with Crippen LogP contribution in [0, 0.1) is 13.8 Å². The van der Waals surface area contributed by atoms with Crippen LogP contribution in [0.5, 0.6) is 0 Å². The van der Waals surface area contributed by atoms with Gasteiger partial charge in [0, 0.05) is 24.3 Å². The first kappa shape index (κ1) is 13.5. The summed E-state index contributed by atoms with van der Waals surface area (Å²) < 4.78 is 7.75. The molecule has 0 spiro atoms. The highest BCUT2D eigenvalue weighted by molar-refractivity contribution is 5.23. The first-order valence-corrected chi connectivity index (χ1v) is 6.63. The molecule has 1 aliphatic heterocycles. The van der Waals surface area contributed by atoms with E-state index in [1.807, 2.05) is 18.5 Å². The van der Waals surface area contributed by atoms with Gasteiger partial charge in [-0.15, -0.1) is 0 Å². The van der Waals surface area contributed by atoms with Crippen molar-refractivity contribution in [1.82, 2.24) is 14.7 Å². The van der Waals surface area contributed by atoms with Crippen LogP contribution in [0.25, 0.3) is 0 Å². The third-order valence-electron chi connectivity index (χ3n) is 3.74. The molecule has 0 bridgehead atoms. The molecule has 1 aliphatic rings. The number of ether oxygens (including phenoxy) is 1. The Kier molecular flexibility index (Phi) is 4.37. The van der Waals surface area contributed by atoms with Gasteiger partial charge in [-0.25, -0.2) is 0 Å². The third-order valence-corrected chi connectivity index (χ3v) is 3.74. The molecule has 1 fully saturated rings. The van der Waals surface area contributed by atoms with Gasteiger partial charge in [-0.2, -0.15) is 5.10 Å². The fraction of sp³-hybridized carbons (Fsp3) is 0.769. The number of hydrogen-bond acceptors (Lipinski definition) is 4. The Hall–Kier alpha value is -0.910. The van der Waals surface area contributed by atoms with Crippen molar-refractivity contribution < 1.29 is 9.84 Å². The molecule has 1 aromatic rings. The highest BCUT2D eigenvalue weighted by Crippen LogP contribution is 2.15. The van der Waals surface area contributed by atoms with E-state index in [0.717, 1.165) is 49.7 Å². The Labute approximate surface area is 108 Å². The fourth-order valence-electron chi connectivity index (χ4n) is 2.51. The predicted molar refractivity (Wildman–Crippen MR) is 69.5 cm³/mol. The maximum Gasteiger partial charge on any atom is 0.0898 e.